The molecule has 2 aliphatic carbocycles. The van der Waals surface area contributed by atoms with Crippen LogP contribution < -0.4 is 5.32 Å². The van der Waals surface area contributed by atoms with Gasteiger partial charge in [-0.25, -0.2) is 0 Å². The number of hydrogen-bond acceptors (Lipinski definition) is 1. The molecule has 0 bridgehead atoms. The van der Waals surface area contributed by atoms with E-state index in [0.29, 0.717) is 0 Å². The van der Waals surface area contributed by atoms with E-state index in [2.05, 4.69) is 12.2 Å². The number of rotatable bonds is 6. The number of nitrogens with one attached hydrogen (secondary N) is 1. The maximum Gasteiger partial charge on any atom is -0.00152 e. The Morgan fingerprint density at radius 3 is 2.29 bits per heavy atom. The monoisotopic (exact) mass is 195 g/mol. The molecule has 1 atom stereocenters. The van der Waals surface area contributed by atoms with Gasteiger partial charge in [0.15, 0.2) is 0 Å². The summed E-state index contributed by atoms with van der Waals surface area (Å²) in [6.07, 6.45) is 10.4. The van der Waals surface area contributed by atoms with Gasteiger partial charge >= 0.3 is 0 Å². The van der Waals surface area contributed by atoms with Crippen molar-refractivity contribution in [3.63, 3.8) is 0 Å². The molecular weight excluding hydrogens is 170 g/mol. The first-order valence-corrected chi connectivity index (χ1v) is 6.62. The van der Waals surface area contributed by atoms with E-state index >= 15 is 0 Å². The van der Waals surface area contributed by atoms with E-state index in [1.165, 1.54) is 58.0 Å². The van der Waals surface area contributed by atoms with Crippen LogP contribution in [0.4, 0.5) is 0 Å². The Bertz CT molecular complexity index is 157. The molecular formula is C13H25N. The maximum absolute atomic E-state index is 3.63. The summed E-state index contributed by atoms with van der Waals surface area (Å²) in [6, 6.07) is 0. The molecule has 0 spiro atoms. The predicted octanol–water partition coefficient (Wildman–Crippen LogP) is 3.20. The van der Waals surface area contributed by atoms with Gasteiger partial charge in [-0.3, -0.25) is 0 Å². The Hall–Kier alpha value is -0.0400. The largest absolute Gasteiger partial charge is 0.316 e. The standard InChI is InChI=1S/C13H25N/c1-2-9-14-10-13(12-7-8-12)11-5-3-4-6-11/h11-14H,2-10H2,1H3. The lowest BCUT2D eigenvalue weighted by atomic mass is 9.86. The van der Waals surface area contributed by atoms with Gasteiger partial charge in [0.25, 0.3) is 0 Å². The molecule has 0 heterocycles. The third kappa shape index (κ3) is 2.73. The zero-order chi connectivity index (χ0) is 9.80. The first-order chi connectivity index (χ1) is 6.92. The molecule has 1 nitrogen and oxygen atoms in total. The zero-order valence-electron chi connectivity index (χ0n) is 9.60. The molecule has 82 valence electrons. The minimum Gasteiger partial charge on any atom is -0.316 e. The second-order valence-electron chi connectivity index (χ2n) is 5.25. The van der Waals surface area contributed by atoms with Gasteiger partial charge in [0.1, 0.15) is 0 Å². The van der Waals surface area contributed by atoms with Crippen LogP contribution in [0.5, 0.6) is 0 Å². The fraction of sp³-hybridized carbons (Fsp3) is 1.00. The van der Waals surface area contributed by atoms with E-state index in [-0.39, 0.29) is 0 Å². The summed E-state index contributed by atoms with van der Waals surface area (Å²) in [6.45, 7) is 4.79. The maximum atomic E-state index is 3.63. The minimum atomic E-state index is 1.03. The molecule has 1 heteroatoms. The van der Waals surface area contributed by atoms with Crippen molar-refractivity contribution in [1.29, 1.82) is 0 Å². The summed E-state index contributed by atoms with van der Waals surface area (Å²) >= 11 is 0. The molecule has 0 aromatic rings. The van der Waals surface area contributed by atoms with Crippen molar-refractivity contribution in [1.82, 2.24) is 5.32 Å². The van der Waals surface area contributed by atoms with Crippen LogP contribution in [0.1, 0.15) is 51.9 Å². The third-order valence-corrected chi connectivity index (χ3v) is 4.04. The van der Waals surface area contributed by atoms with Gasteiger partial charge in [-0.1, -0.05) is 32.6 Å². The van der Waals surface area contributed by atoms with E-state index in [1.807, 2.05) is 0 Å². The van der Waals surface area contributed by atoms with Crippen LogP contribution in [0, 0.1) is 17.8 Å². The van der Waals surface area contributed by atoms with Crippen LogP contribution in [0.15, 0.2) is 0 Å². The van der Waals surface area contributed by atoms with E-state index in [1.54, 1.807) is 0 Å². The van der Waals surface area contributed by atoms with Crippen LogP contribution in [-0.4, -0.2) is 13.1 Å². The van der Waals surface area contributed by atoms with Gasteiger partial charge in [-0.05, 0) is 50.1 Å². The molecule has 1 unspecified atom stereocenters. The molecule has 0 aromatic heterocycles. The smallest absolute Gasteiger partial charge is 0.00152 e. The van der Waals surface area contributed by atoms with Gasteiger partial charge in [0.05, 0.1) is 0 Å². The summed E-state index contributed by atoms with van der Waals surface area (Å²) < 4.78 is 0. The van der Waals surface area contributed by atoms with Crippen molar-refractivity contribution >= 4 is 0 Å². The Morgan fingerprint density at radius 2 is 1.71 bits per heavy atom. The highest BCUT2D eigenvalue weighted by Crippen LogP contribution is 2.45. The summed E-state index contributed by atoms with van der Waals surface area (Å²) in [5.41, 5.74) is 0. The molecule has 14 heavy (non-hydrogen) atoms. The summed E-state index contributed by atoms with van der Waals surface area (Å²) in [5.74, 6) is 3.21. The first-order valence-electron chi connectivity index (χ1n) is 6.62. The van der Waals surface area contributed by atoms with Gasteiger partial charge in [0, 0.05) is 0 Å². The topological polar surface area (TPSA) is 12.0 Å². The van der Waals surface area contributed by atoms with Crippen LogP contribution in [0.3, 0.4) is 0 Å². The lowest BCUT2D eigenvalue weighted by Gasteiger charge is -2.23. The highest BCUT2D eigenvalue weighted by Gasteiger charge is 2.36. The second-order valence-corrected chi connectivity index (χ2v) is 5.25. The highest BCUT2D eigenvalue weighted by atomic mass is 14.9. The first kappa shape index (κ1) is 10.5. The van der Waals surface area contributed by atoms with Gasteiger partial charge in [-0.15, -0.1) is 0 Å². The lowest BCUT2D eigenvalue weighted by molar-refractivity contribution is 0.288. The van der Waals surface area contributed by atoms with Crippen molar-refractivity contribution in [3.8, 4) is 0 Å². The molecule has 0 radical (unpaired) electrons. The minimum absolute atomic E-state index is 1.03. The molecule has 2 rings (SSSR count). The third-order valence-electron chi connectivity index (χ3n) is 4.04. The average Bonchev–Trinajstić information content (AvgIpc) is 2.88. The van der Waals surface area contributed by atoms with Crippen LogP contribution >= 0.6 is 0 Å². The molecule has 2 saturated carbocycles. The molecule has 1 N–H and O–H groups in total. The fourth-order valence-electron chi connectivity index (χ4n) is 3.07. The van der Waals surface area contributed by atoms with Crippen molar-refractivity contribution in [2.24, 2.45) is 17.8 Å². The second kappa shape index (κ2) is 5.16. The van der Waals surface area contributed by atoms with Crippen molar-refractivity contribution in [3.05, 3.63) is 0 Å². The van der Waals surface area contributed by atoms with Crippen LogP contribution in [0.2, 0.25) is 0 Å². The van der Waals surface area contributed by atoms with E-state index in [0.717, 1.165) is 17.8 Å². The normalized spacial score (nSPS) is 25.5. The Balaban J connectivity index is 1.74. The van der Waals surface area contributed by atoms with E-state index in [9.17, 15) is 0 Å². The van der Waals surface area contributed by atoms with Gasteiger partial charge < -0.3 is 5.32 Å². The van der Waals surface area contributed by atoms with Crippen LogP contribution in [0.25, 0.3) is 0 Å². The molecule has 0 aliphatic heterocycles. The molecule has 0 saturated heterocycles. The quantitative estimate of drug-likeness (QED) is 0.642. The van der Waals surface area contributed by atoms with Crippen molar-refractivity contribution in [2.45, 2.75) is 51.9 Å². The fourth-order valence-corrected chi connectivity index (χ4v) is 3.07. The average molecular weight is 195 g/mol. The highest BCUT2D eigenvalue weighted by molar-refractivity contribution is 4.88. The van der Waals surface area contributed by atoms with Crippen molar-refractivity contribution < 1.29 is 0 Å². The Morgan fingerprint density at radius 1 is 1.07 bits per heavy atom. The van der Waals surface area contributed by atoms with Gasteiger partial charge in [-0.2, -0.15) is 0 Å². The number of hydrogen-bond donors (Lipinski definition) is 1. The lowest BCUT2D eigenvalue weighted by Crippen LogP contribution is -2.29. The van der Waals surface area contributed by atoms with Gasteiger partial charge in [0.2, 0.25) is 0 Å². The summed E-state index contributed by atoms with van der Waals surface area (Å²) in [7, 11) is 0. The molecule has 0 aromatic carbocycles. The molecule has 0 amide bonds. The molecule has 2 aliphatic rings. The predicted molar refractivity (Wildman–Crippen MR) is 61.3 cm³/mol. The Labute approximate surface area is 88.7 Å². The SMILES string of the molecule is CCCNCC(C1CCCC1)C1CC1. The summed E-state index contributed by atoms with van der Waals surface area (Å²) in [5, 5.41) is 3.63. The van der Waals surface area contributed by atoms with E-state index in [4.69, 9.17) is 0 Å². The zero-order valence-corrected chi connectivity index (χ0v) is 9.60. The summed E-state index contributed by atoms with van der Waals surface area (Å²) in [4.78, 5) is 0. The van der Waals surface area contributed by atoms with E-state index < -0.39 is 0 Å². The van der Waals surface area contributed by atoms with Crippen molar-refractivity contribution in [2.75, 3.05) is 13.1 Å². The van der Waals surface area contributed by atoms with Crippen LogP contribution in [-0.2, 0) is 0 Å². The Kier molecular flexibility index (Phi) is 3.86. The molecule has 2 fully saturated rings.